The number of rotatable bonds is 4. The maximum absolute atomic E-state index is 12.2. The number of nitrogens with zero attached hydrogens (tertiary/aromatic N) is 1. The number of halogens is 4. The van der Waals surface area contributed by atoms with Gasteiger partial charge in [-0.15, -0.1) is 24.8 Å². The average molecular weight is 286 g/mol. The number of aromatic nitrogens is 1. The molecule has 5 nitrogen and oxygen atoms in total. The van der Waals surface area contributed by atoms with Gasteiger partial charge >= 0.3 is 12.3 Å². The zero-order valence-corrected chi connectivity index (χ0v) is 9.42. The van der Waals surface area contributed by atoms with Crippen molar-refractivity contribution < 1.29 is 32.9 Å². The number of pyridine rings is 1. The third-order valence-corrected chi connectivity index (χ3v) is 2.11. The molecular weight excluding hydrogens is 279 g/mol. The van der Waals surface area contributed by atoms with Gasteiger partial charge in [0.05, 0.1) is 29.8 Å². The summed E-state index contributed by atoms with van der Waals surface area (Å²) >= 11 is 5.38. The Morgan fingerprint density at radius 1 is 1.50 bits per heavy atom. The summed E-state index contributed by atoms with van der Waals surface area (Å²) in [5, 5.41) is 17.9. The molecule has 0 bridgehead atoms. The molecule has 1 aromatic heterocycles. The molecule has 100 valence electrons. The molecule has 0 saturated carbocycles. The summed E-state index contributed by atoms with van der Waals surface area (Å²) < 4.78 is 40.2. The smallest absolute Gasteiger partial charge is 0.506 e. The van der Waals surface area contributed by atoms with Crippen molar-refractivity contribution in [1.29, 1.82) is 0 Å². The first-order valence-electron chi connectivity index (χ1n) is 4.47. The van der Waals surface area contributed by atoms with E-state index in [9.17, 15) is 23.1 Å². The lowest BCUT2D eigenvalue weighted by Gasteiger charge is -2.15. The molecule has 0 aliphatic rings. The number of carbonyl (C=O) groups is 1. The second-order valence-electron chi connectivity index (χ2n) is 3.15. The number of carboxylic acid groups (broad SMARTS) is 1. The van der Waals surface area contributed by atoms with Crippen molar-refractivity contribution in [1.82, 2.24) is 4.98 Å². The van der Waals surface area contributed by atoms with E-state index in [2.05, 4.69) is 9.72 Å². The fraction of sp³-hybridized carbons (Fsp3) is 0.333. The van der Waals surface area contributed by atoms with E-state index in [1.54, 1.807) is 0 Å². The number of hydrogen-bond acceptors (Lipinski definition) is 4. The standard InChI is InChI=1S/C9H7ClF3NO4/c10-2-5-8(18-9(11,12)13)4(1-7(16)17)6(15)3-14-5/h3,15H,1-2H2,(H,16,17). The summed E-state index contributed by atoms with van der Waals surface area (Å²) in [6, 6.07) is 0. The van der Waals surface area contributed by atoms with Crippen LogP contribution >= 0.6 is 11.6 Å². The number of ether oxygens (including phenoxy) is 1. The fourth-order valence-corrected chi connectivity index (χ4v) is 1.41. The van der Waals surface area contributed by atoms with Crippen molar-refractivity contribution in [3.63, 3.8) is 0 Å². The Hall–Kier alpha value is -1.70. The number of aromatic hydroxyl groups is 1. The second kappa shape index (κ2) is 5.30. The molecule has 0 saturated heterocycles. The molecule has 18 heavy (non-hydrogen) atoms. The van der Waals surface area contributed by atoms with Crippen LogP contribution in [-0.2, 0) is 17.1 Å². The molecule has 0 atom stereocenters. The minimum Gasteiger partial charge on any atom is -0.506 e. The van der Waals surface area contributed by atoms with E-state index in [0.29, 0.717) is 0 Å². The molecule has 0 fully saturated rings. The van der Waals surface area contributed by atoms with Gasteiger partial charge in [0.2, 0.25) is 0 Å². The topological polar surface area (TPSA) is 79.7 Å². The van der Waals surface area contributed by atoms with Crippen LogP contribution in [0, 0.1) is 0 Å². The summed E-state index contributed by atoms with van der Waals surface area (Å²) in [6.45, 7) is 0. The minimum atomic E-state index is -5.04. The first-order valence-corrected chi connectivity index (χ1v) is 5.01. The van der Waals surface area contributed by atoms with Crippen LogP contribution in [0.4, 0.5) is 13.2 Å². The fourth-order valence-electron chi connectivity index (χ4n) is 1.22. The Morgan fingerprint density at radius 2 is 2.11 bits per heavy atom. The van der Waals surface area contributed by atoms with Crippen molar-refractivity contribution in [3.05, 3.63) is 17.5 Å². The highest BCUT2D eigenvalue weighted by Gasteiger charge is 2.34. The van der Waals surface area contributed by atoms with E-state index in [-0.39, 0.29) is 5.69 Å². The van der Waals surface area contributed by atoms with Gasteiger partial charge in [-0.25, -0.2) is 0 Å². The Bertz CT molecular complexity index is 464. The van der Waals surface area contributed by atoms with Crippen molar-refractivity contribution >= 4 is 17.6 Å². The Morgan fingerprint density at radius 3 is 2.56 bits per heavy atom. The molecule has 0 radical (unpaired) electrons. The highest BCUT2D eigenvalue weighted by molar-refractivity contribution is 6.17. The van der Waals surface area contributed by atoms with Crippen LogP contribution in [0.3, 0.4) is 0 Å². The molecule has 0 aliphatic heterocycles. The second-order valence-corrected chi connectivity index (χ2v) is 3.42. The third kappa shape index (κ3) is 3.66. The number of hydrogen-bond donors (Lipinski definition) is 2. The average Bonchev–Trinajstić information content (AvgIpc) is 2.21. The first-order chi connectivity index (χ1) is 8.24. The molecule has 1 heterocycles. The molecule has 1 aromatic rings. The predicted octanol–water partition coefficient (Wildman–Crippen LogP) is 2.05. The van der Waals surface area contributed by atoms with Gasteiger partial charge in [0.1, 0.15) is 5.75 Å². The van der Waals surface area contributed by atoms with Crippen molar-refractivity contribution in [3.8, 4) is 11.5 Å². The molecule has 0 unspecified atom stereocenters. The quantitative estimate of drug-likeness (QED) is 0.828. The summed E-state index contributed by atoms with van der Waals surface area (Å²) in [6.07, 6.45) is -5.06. The molecule has 0 aliphatic carbocycles. The van der Waals surface area contributed by atoms with E-state index >= 15 is 0 Å². The highest BCUT2D eigenvalue weighted by atomic mass is 35.5. The Balaban J connectivity index is 3.31. The third-order valence-electron chi connectivity index (χ3n) is 1.86. The van der Waals surface area contributed by atoms with Gasteiger partial charge in [0.15, 0.2) is 5.75 Å². The van der Waals surface area contributed by atoms with Crippen molar-refractivity contribution in [2.24, 2.45) is 0 Å². The molecule has 0 amide bonds. The van der Waals surface area contributed by atoms with E-state index in [1.807, 2.05) is 0 Å². The maximum Gasteiger partial charge on any atom is 0.573 e. The summed E-state index contributed by atoms with van der Waals surface area (Å²) in [5.74, 6) is -3.42. The number of alkyl halides is 4. The van der Waals surface area contributed by atoms with Gasteiger partial charge in [-0.2, -0.15) is 0 Å². The molecule has 0 spiro atoms. The zero-order valence-electron chi connectivity index (χ0n) is 8.66. The molecule has 2 N–H and O–H groups in total. The molecule has 1 rings (SSSR count). The van der Waals surface area contributed by atoms with Gasteiger partial charge in [-0.3, -0.25) is 9.78 Å². The predicted molar refractivity (Wildman–Crippen MR) is 53.5 cm³/mol. The van der Waals surface area contributed by atoms with Gasteiger partial charge in [-0.05, 0) is 0 Å². The SMILES string of the molecule is O=C(O)Cc1c(O)cnc(CCl)c1OC(F)(F)F. The molecular formula is C9H7ClF3NO4. The van der Waals surface area contributed by atoms with E-state index in [1.165, 1.54) is 0 Å². The number of carboxylic acids is 1. The van der Waals surface area contributed by atoms with Gasteiger partial charge in [-0.1, -0.05) is 0 Å². The lowest BCUT2D eigenvalue weighted by atomic mass is 10.1. The van der Waals surface area contributed by atoms with Gasteiger partial charge < -0.3 is 14.9 Å². The lowest BCUT2D eigenvalue weighted by Crippen LogP contribution is -2.20. The maximum atomic E-state index is 12.2. The van der Waals surface area contributed by atoms with Crippen LogP contribution in [0.5, 0.6) is 11.5 Å². The highest BCUT2D eigenvalue weighted by Crippen LogP contribution is 2.35. The van der Waals surface area contributed by atoms with E-state index < -0.39 is 41.7 Å². The Kier molecular flexibility index (Phi) is 4.23. The monoisotopic (exact) mass is 285 g/mol. The summed E-state index contributed by atoms with van der Waals surface area (Å²) in [4.78, 5) is 14.0. The van der Waals surface area contributed by atoms with E-state index in [0.717, 1.165) is 6.20 Å². The first kappa shape index (κ1) is 14.4. The van der Waals surface area contributed by atoms with Gasteiger partial charge in [0, 0.05) is 0 Å². The Labute approximate surface area is 104 Å². The van der Waals surface area contributed by atoms with Crippen LogP contribution in [0.15, 0.2) is 6.20 Å². The van der Waals surface area contributed by atoms with Gasteiger partial charge in [0.25, 0.3) is 0 Å². The van der Waals surface area contributed by atoms with E-state index in [4.69, 9.17) is 16.7 Å². The largest absolute Gasteiger partial charge is 0.573 e. The van der Waals surface area contributed by atoms with Crippen molar-refractivity contribution in [2.45, 2.75) is 18.7 Å². The summed E-state index contributed by atoms with van der Waals surface area (Å²) in [7, 11) is 0. The molecule has 0 aromatic carbocycles. The lowest BCUT2D eigenvalue weighted by molar-refractivity contribution is -0.275. The van der Waals surface area contributed by atoms with Crippen LogP contribution in [-0.4, -0.2) is 27.5 Å². The normalized spacial score (nSPS) is 11.3. The van der Waals surface area contributed by atoms with Crippen molar-refractivity contribution in [2.75, 3.05) is 0 Å². The van der Waals surface area contributed by atoms with Crippen LogP contribution < -0.4 is 4.74 Å². The zero-order chi connectivity index (χ0) is 13.9. The number of aliphatic carboxylic acids is 1. The summed E-state index contributed by atoms with van der Waals surface area (Å²) in [5.41, 5.74) is -0.825. The minimum absolute atomic E-state index is 0.303. The van der Waals surface area contributed by atoms with Crippen LogP contribution in [0.1, 0.15) is 11.3 Å². The van der Waals surface area contributed by atoms with Crippen LogP contribution in [0.2, 0.25) is 0 Å². The molecule has 9 heteroatoms. The van der Waals surface area contributed by atoms with Crippen LogP contribution in [0.25, 0.3) is 0 Å².